The first kappa shape index (κ1) is 26.6. The van der Waals surface area contributed by atoms with Crippen LogP contribution in [-0.4, -0.2) is 68.2 Å². The Morgan fingerprint density at radius 2 is 2.00 bits per heavy atom. The molecule has 0 aromatic carbocycles. The average Bonchev–Trinajstić information content (AvgIpc) is 3.75. The minimum atomic E-state index is -0.653. The van der Waals surface area contributed by atoms with Crippen LogP contribution in [0.1, 0.15) is 46.6 Å². The molecule has 14 nitrogen and oxygen atoms in total. The largest absolute Gasteiger partial charge is 0.456 e. The van der Waals surface area contributed by atoms with Crippen molar-refractivity contribution in [2.45, 2.75) is 44.2 Å². The van der Waals surface area contributed by atoms with Gasteiger partial charge in [-0.15, -0.1) is 10.2 Å². The van der Waals surface area contributed by atoms with Crippen molar-refractivity contribution in [2.24, 2.45) is 11.5 Å². The molecule has 1 saturated heterocycles. The Bertz CT molecular complexity index is 1840. The number of rotatable bonds is 7. The molecule has 0 radical (unpaired) electrons. The van der Waals surface area contributed by atoms with Crippen molar-refractivity contribution in [1.29, 1.82) is 0 Å². The molecule has 5 aromatic rings. The van der Waals surface area contributed by atoms with Gasteiger partial charge in [-0.1, -0.05) is 12.8 Å². The Hall–Kier alpha value is -4.34. The van der Waals surface area contributed by atoms with E-state index in [1.807, 2.05) is 11.0 Å². The van der Waals surface area contributed by atoms with E-state index in [0.29, 0.717) is 66.3 Å². The summed E-state index contributed by atoms with van der Waals surface area (Å²) in [5.41, 5.74) is 14.5. The zero-order valence-corrected chi connectivity index (χ0v) is 23.4. The number of nitrogens with one attached hydrogen (secondary N) is 1. The molecule has 7 rings (SSSR count). The Morgan fingerprint density at radius 3 is 2.81 bits per heavy atom. The third kappa shape index (κ3) is 4.78. The van der Waals surface area contributed by atoms with E-state index in [0.717, 1.165) is 30.6 Å². The lowest BCUT2D eigenvalue weighted by Crippen LogP contribution is -2.43. The number of ether oxygens (including phenoxy) is 1. The Labute approximate surface area is 242 Å². The van der Waals surface area contributed by atoms with Gasteiger partial charge >= 0.3 is 0 Å². The van der Waals surface area contributed by atoms with Crippen LogP contribution in [0.5, 0.6) is 0 Å². The maximum absolute atomic E-state index is 12.8. The second kappa shape index (κ2) is 10.8. The molecule has 6 heterocycles. The summed E-state index contributed by atoms with van der Waals surface area (Å²) in [5.74, 6) is 0.309. The number of aromatic nitrogens is 5. The molecule has 1 aliphatic carbocycles. The molecule has 1 amide bonds. The second-order valence-corrected chi connectivity index (χ2v) is 11.4. The van der Waals surface area contributed by atoms with E-state index in [1.54, 1.807) is 4.40 Å². The third-order valence-electron chi connectivity index (χ3n) is 7.84. The summed E-state index contributed by atoms with van der Waals surface area (Å²) in [6.45, 7) is 2.36. The number of nitrogens with zero attached hydrogens (tertiary/aromatic N) is 6. The predicted octanol–water partition coefficient (Wildman–Crippen LogP) is 2.16. The van der Waals surface area contributed by atoms with E-state index in [9.17, 15) is 9.59 Å². The molecular weight excluding hydrogens is 562 g/mol. The number of furan rings is 1. The van der Waals surface area contributed by atoms with Crippen LogP contribution in [-0.2, 0) is 11.2 Å². The fourth-order valence-corrected chi connectivity index (χ4v) is 6.38. The van der Waals surface area contributed by atoms with Crippen LogP contribution in [0.15, 0.2) is 38.4 Å². The van der Waals surface area contributed by atoms with Crippen LogP contribution < -0.4 is 27.1 Å². The van der Waals surface area contributed by atoms with E-state index in [-0.39, 0.29) is 35.1 Å². The number of amides is 1. The fourth-order valence-electron chi connectivity index (χ4n) is 5.65. The summed E-state index contributed by atoms with van der Waals surface area (Å²) in [6.07, 6.45) is 7.26. The van der Waals surface area contributed by atoms with Gasteiger partial charge in [-0.2, -0.15) is 4.37 Å². The first-order valence-corrected chi connectivity index (χ1v) is 14.6. The summed E-state index contributed by atoms with van der Waals surface area (Å²) >= 11 is 1.24. The van der Waals surface area contributed by atoms with Gasteiger partial charge in [-0.25, -0.2) is 4.98 Å². The minimum absolute atomic E-state index is 0.0102. The molecule has 42 heavy (non-hydrogen) atoms. The highest BCUT2D eigenvalue weighted by atomic mass is 32.1. The SMILES string of the molecule is NC(=O)c1c(Cc2cc(-c3coc4c(=O)cc(N5CCOCC5)oc34)ns2)nc(N[C@H]2CCCC[C@H]2N)n2cnnc12. The first-order chi connectivity index (χ1) is 20.5. The fraction of sp³-hybridized carbons (Fsp3) is 0.407. The van der Waals surface area contributed by atoms with Crippen molar-refractivity contribution in [3.63, 3.8) is 0 Å². The van der Waals surface area contributed by atoms with E-state index >= 15 is 0 Å². The number of hydrogen-bond acceptors (Lipinski definition) is 13. The zero-order chi connectivity index (χ0) is 28.8. The van der Waals surface area contributed by atoms with Crippen molar-refractivity contribution in [1.82, 2.24) is 24.0 Å². The summed E-state index contributed by atoms with van der Waals surface area (Å²) < 4.78 is 23.4. The smallest absolute Gasteiger partial charge is 0.254 e. The zero-order valence-electron chi connectivity index (χ0n) is 22.6. The summed E-state index contributed by atoms with van der Waals surface area (Å²) in [5, 5.41) is 11.6. The highest BCUT2D eigenvalue weighted by Crippen LogP contribution is 2.33. The van der Waals surface area contributed by atoms with Gasteiger partial charge in [0.1, 0.15) is 18.2 Å². The number of carbonyl (C=O) groups excluding carboxylic acids is 1. The topological polar surface area (TPSA) is 193 Å². The van der Waals surface area contributed by atoms with E-state index in [4.69, 9.17) is 30.0 Å². The summed E-state index contributed by atoms with van der Waals surface area (Å²) in [7, 11) is 0. The van der Waals surface area contributed by atoms with Gasteiger partial charge in [0, 0.05) is 36.5 Å². The molecule has 5 aromatic heterocycles. The van der Waals surface area contributed by atoms with Crippen molar-refractivity contribution in [3.8, 4) is 11.3 Å². The van der Waals surface area contributed by atoms with Crippen LogP contribution in [0.25, 0.3) is 28.1 Å². The Kier molecular flexibility index (Phi) is 6.84. The lowest BCUT2D eigenvalue weighted by atomic mass is 9.91. The standard InChI is InChI=1S/C27H29N9O5S/c28-16-3-1-2-4-17(16)31-27-32-19(22(25(29)38)26-33-30-13-36(26)27)10-14-9-18(34-42-14)15-12-40-24-20(37)11-21(41-23(15)24)35-5-7-39-8-6-35/h9,11-13,16-17H,1-8,10,28H2,(H2,29,38)(H,31,32)/t16-,17+/m1/s1. The molecule has 5 N–H and O–H groups in total. The van der Waals surface area contributed by atoms with Gasteiger partial charge in [-0.05, 0) is 30.4 Å². The summed E-state index contributed by atoms with van der Waals surface area (Å²) in [6, 6.07) is 3.33. The van der Waals surface area contributed by atoms with Crippen LogP contribution in [0.4, 0.5) is 11.8 Å². The molecular formula is C27H29N9O5S. The maximum Gasteiger partial charge on any atom is 0.254 e. The van der Waals surface area contributed by atoms with Gasteiger partial charge in [0.2, 0.25) is 17.0 Å². The molecule has 15 heteroatoms. The Morgan fingerprint density at radius 1 is 1.17 bits per heavy atom. The van der Waals surface area contributed by atoms with Gasteiger partial charge in [0.05, 0.1) is 36.2 Å². The molecule has 2 atom stereocenters. The van der Waals surface area contributed by atoms with Crippen LogP contribution in [0.3, 0.4) is 0 Å². The van der Waals surface area contributed by atoms with E-state index < -0.39 is 5.91 Å². The van der Waals surface area contributed by atoms with Crippen molar-refractivity contribution >= 4 is 46.1 Å². The highest BCUT2D eigenvalue weighted by Gasteiger charge is 2.27. The molecule has 0 bridgehead atoms. The van der Waals surface area contributed by atoms with Gasteiger partial charge in [-0.3, -0.25) is 14.0 Å². The van der Waals surface area contributed by atoms with Crippen molar-refractivity contribution in [3.05, 3.63) is 51.1 Å². The first-order valence-electron chi connectivity index (χ1n) is 13.8. The number of nitrogens with two attached hydrogens (primary N) is 2. The van der Waals surface area contributed by atoms with Crippen LogP contribution >= 0.6 is 11.5 Å². The number of fused-ring (bicyclic) bond motifs is 2. The minimum Gasteiger partial charge on any atom is -0.456 e. The normalized spacial score (nSPS) is 19.5. The number of primary amides is 1. The van der Waals surface area contributed by atoms with Crippen LogP contribution in [0.2, 0.25) is 0 Å². The third-order valence-corrected chi connectivity index (χ3v) is 8.62. The Balaban J connectivity index is 1.23. The molecule has 218 valence electrons. The molecule has 1 saturated carbocycles. The quantitative estimate of drug-likeness (QED) is 0.250. The average molecular weight is 592 g/mol. The van der Waals surface area contributed by atoms with E-state index in [2.05, 4.69) is 19.9 Å². The lowest BCUT2D eigenvalue weighted by molar-refractivity contribution is 0.1000. The monoisotopic (exact) mass is 591 g/mol. The number of anilines is 2. The van der Waals surface area contributed by atoms with Crippen molar-refractivity contribution in [2.75, 3.05) is 36.5 Å². The number of carbonyl (C=O) groups is 1. The molecule has 0 unspecified atom stereocenters. The summed E-state index contributed by atoms with van der Waals surface area (Å²) in [4.78, 5) is 33.0. The van der Waals surface area contributed by atoms with Gasteiger partial charge < -0.3 is 35.3 Å². The van der Waals surface area contributed by atoms with Gasteiger partial charge in [0.15, 0.2) is 17.1 Å². The van der Waals surface area contributed by atoms with Gasteiger partial charge in [0.25, 0.3) is 5.91 Å². The number of morpholine rings is 1. The molecule has 1 aliphatic heterocycles. The highest BCUT2D eigenvalue weighted by molar-refractivity contribution is 7.06. The second-order valence-electron chi connectivity index (χ2n) is 10.6. The molecule has 2 aliphatic rings. The lowest BCUT2D eigenvalue weighted by Gasteiger charge is -2.30. The maximum atomic E-state index is 12.8. The molecule has 2 fully saturated rings. The van der Waals surface area contributed by atoms with E-state index in [1.165, 1.54) is 30.2 Å². The predicted molar refractivity (Wildman–Crippen MR) is 155 cm³/mol. The van der Waals surface area contributed by atoms with Crippen molar-refractivity contribution < 1.29 is 18.4 Å². The molecule has 0 spiro atoms. The number of hydrogen-bond donors (Lipinski definition) is 3. The van der Waals surface area contributed by atoms with Crippen LogP contribution in [0, 0.1) is 0 Å².